The average molecular weight is 373 g/mol. The van der Waals surface area contributed by atoms with Gasteiger partial charge in [0.25, 0.3) is 0 Å². The van der Waals surface area contributed by atoms with Crippen LogP contribution in [0.1, 0.15) is 18.1 Å². The SMILES string of the molecule is CN[C@H](C)C(=O)N[C@@H](Cc1ccc(F)cc1)C(=O)NCc1ccc(N)nc1. The number of nitrogens with two attached hydrogens (primary N) is 1. The number of rotatable bonds is 8. The summed E-state index contributed by atoms with van der Waals surface area (Å²) < 4.78 is 13.1. The van der Waals surface area contributed by atoms with E-state index < -0.39 is 12.1 Å². The molecule has 0 saturated carbocycles. The number of pyridine rings is 1. The van der Waals surface area contributed by atoms with Crippen molar-refractivity contribution in [3.63, 3.8) is 0 Å². The lowest BCUT2D eigenvalue weighted by molar-refractivity contribution is -0.129. The smallest absolute Gasteiger partial charge is 0.243 e. The number of nitrogens with one attached hydrogen (secondary N) is 3. The molecule has 0 aliphatic rings. The molecule has 7 nitrogen and oxygen atoms in total. The second kappa shape index (κ2) is 9.63. The minimum Gasteiger partial charge on any atom is -0.384 e. The normalized spacial score (nSPS) is 12.9. The number of hydrogen-bond donors (Lipinski definition) is 4. The maximum atomic E-state index is 13.1. The van der Waals surface area contributed by atoms with Gasteiger partial charge in [0.1, 0.15) is 17.7 Å². The molecule has 2 amide bonds. The highest BCUT2D eigenvalue weighted by Crippen LogP contribution is 2.07. The molecule has 0 spiro atoms. The Labute approximate surface area is 157 Å². The number of likely N-dealkylation sites (N-methyl/N-ethyl adjacent to an activating group) is 1. The van der Waals surface area contributed by atoms with Gasteiger partial charge >= 0.3 is 0 Å². The van der Waals surface area contributed by atoms with Crippen LogP contribution in [-0.4, -0.2) is 35.9 Å². The van der Waals surface area contributed by atoms with E-state index in [2.05, 4.69) is 20.9 Å². The zero-order valence-corrected chi connectivity index (χ0v) is 15.3. The van der Waals surface area contributed by atoms with Crippen molar-refractivity contribution in [2.75, 3.05) is 12.8 Å². The highest BCUT2D eigenvalue weighted by atomic mass is 19.1. The molecular weight excluding hydrogens is 349 g/mol. The molecule has 2 atom stereocenters. The van der Waals surface area contributed by atoms with Crippen molar-refractivity contribution in [1.82, 2.24) is 20.9 Å². The summed E-state index contributed by atoms with van der Waals surface area (Å²) in [5.41, 5.74) is 7.07. The van der Waals surface area contributed by atoms with Crippen molar-refractivity contribution in [2.45, 2.75) is 32.0 Å². The number of anilines is 1. The number of benzene rings is 1. The molecule has 0 aliphatic carbocycles. The topological polar surface area (TPSA) is 109 Å². The quantitative estimate of drug-likeness (QED) is 0.546. The van der Waals surface area contributed by atoms with Gasteiger partial charge in [0, 0.05) is 19.2 Å². The first-order valence-electron chi connectivity index (χ1n) is 8.59. The number of hydrogen-bond acceptors (Lipinski definition) is 5. The molecule has 1 aromatic carbocycles. The van der Waals surface area contributed by atoms with E-state index in [1.807, 2.05) is 0 Å². The average Bonchev–Trinajstić information content (AvgIpc) is 2.67. The summed E-state index contributed by atoms with van der Waals surface area (Å²) >= 11 is 0. The van der Waals surface area contributed by atoms with Gasteiger partial charge in [0.2, 0.25) is 11.8 Å². The van der Waals surface area contributed by atoms with Gasteiger partial charge in [0.05, 0.1) is 6.04 Å². The minimum atomic E-state index is -0.791. The van der Waals surface area contributed by atoms with Gasteiger partial charge in [-0.1, -0.05) is 18.2 Å². The summed E-state index contributed by atoms with van der Waals surface area (Å²) in [5, 5.41) is 8.35. The Bertz CT molecular complexity index is 765. The van der Waals surface area contributed by atoms with Crippen LogP contribution in [0, 0.1) is 5.82 Å². The molecule has 0 aliphatic heterocycles. The molecule has 0 fully saturated rings. The minimum absolute atomic E-state index is 0.244. The molecule has 27 heavy (non-hydrogen) atoms. The number of amides is 2. The molecule has 0 radical (unpaired) electrons. The van der Waals surface area contributed by atoms with E-state index >= 15 is 0 Å². The van der Waals surface area contributed by atoms with E-state index in [9.17, 15) is 14.0 Å². The van der Waals surface area contributed by atoms with Gasteiger partial charge in [-0.15, -0.1) is 0 Å². The van der Waals surface area contributed by atoms with Crippen LogP contribution in [0.15, 0.2) is 42.6 Å². The molecule has 1 heterocycles. The second-order valence-corrected chi connectivity index (χ2v) is 6.21. The molecule has 5 N–H and O–H groups in total. The number of aromatic nitrogens is 1. The number of nitrogens with zero attached hydrogens (tertiary/aromatic N) is 1. The highest BCUT2D eigenvalue weighted by Gasteiger charge is 2.23. The summed E-state index contributed by atoms with van der Waals surface area (Å²) in [6, 6.07) is 7.99. The fourth-order valence-electron chi connectivity index (χ4n) is 2.35. The molecule has 0 saturated heterocycles. The van der Waals surface area contributed by atoms with Crippen LogP contribution in [0.25, 0.3) is 0 Å². The van der Waals surface area contributed by atoms with Crippen molar-refractivity contribution in [3.05, 3.63) is 59.5 Å². The van der Waals surface area contributed by atoms with E-state index in [1.165, 1.54) is 12.1 Å². The maximum Gasteiger partial charge on any atom is 0.243 e. The summed E-state index contributed by atoms with van der Waals surface area (Å²) in [5.74, 6) is -0.599. The Hall–Kier alpha value is -3.00. The van der Waals surface area contributed by atoms with Crippen LogP contribution in [0.2, 0.25) is 0 Å². The van der Waals surface area contributed by atoms with E-state index in [-0.39, 0.29) is 30.6 Å². The fourth-order valence-corrected chi connectivity index (χ4v) is 2.35. The van der Waals surface area contributed by atoms with Crippen LogP contribution in [-0.2, 0) is 22.6 Å². The van der Waals surface area contributed by atoms with Gasteiger partial charge in [-0.25, -0.2) is 9.37 Å². The van der Waals surface area contributed by atoms with Crippen LogP contribution in [0.5, 0.6) is 0 Å². The monoisotopic (exact) mass is 373 g/mol. The Kier molecular flexibility index (Phi) is 7.25. The van der Waals surface area contributed by atoms with E-state index in [0.29, 0.717) is 5.82 Å². The maximum absolute atomic E-state index is 13.1. The standard InChI is InChI=1S/C19H24FN5O2/c1-12(22-2)18(26)25-16(9-13-3-6-15(20)7-4-13)19(27)24-11-14-5-8-17(21)23-10-14/h3-8,10,12,16,22H,9,11H2,1-2H3,(H2,21,23)(H,24,27)(H,25,26)/t12-,16+/m1/s1. The lowest BCUT2D eigenvalue weighted by Gasteiger charge is -2.21. The third kappa shape index (κ3) is 6.34. The Morgan fingerprint density at radius 2 is 1.78 bits per heavy atom. The third-order valence-electron chi connectivity index (χ3n) is 4.13. The summed E-state index contributed by atoms with van der Waals surface area (Å²) in [6.07, 6.45) is 1.82. The molecule has 0 bridgehead atoms. The van der Waals surface area contributed by atoms with Gasteiger partial charge in [-0.05, 0) is 43.3 Å². The molecule has 2 rings (SSSR count). The lowest BCUT2D eigenvalue weighted by Crippen LogP contribution is -2.52. The second-order valence-electron chi connectivity index (χ2n) is 6.21. The van der Waals surface area contributed by atoms with Crippen LogP contribution >= 0.6 is 0 Å². The fraction of sp³-hybridized carbons (Fsp3) is 0.316. The highest BCUT2D eigenvalue weighted by molar-refractivity contribution is 5.89. The van der Waals surface area contributed by atoms with Gasteiger partial charge in [0.15, 0.2) is 0 Å². The molecule has 144 valence electrons. The van der Waals surface area contributed by atoms with E-state index in [0.717, 1.165) is 11.1 Å². The number of halogens is 1. The van der Waals surface area contributed by atoms with Gasteiger partial charge < -0.3 is 21.7 Å². The van der Waals surface area contributed by atoms with Crippen molar-refractivity contribution in [2.24, 2.45) is 0 Å². The van der Waals surface area contributed by atoms with Crippen LogP contribution in [0.3, 0.4) is 0 Å². The third-order valence-corrected chi connectivity index (χ3v) is 4.13. The Morgan fingerprint density at radius 1 is 1.11 bits per heavy atom. The van der Waals surface area contributed by atoms with Crippen LogP contribution < -0.4 is 21.7 Å². The number of nitrogen functional groups attached to an aromatic ring is 1. The summed E-state index contributed by atoms with van der Waals surface area (Å²) in [4.78, 5) is 28.8. The summed E-state index contributed by atoms with van der Waals surface area (Å²) in [7, 11) is 1.66. The zero-order chi connectivity index (χ0) is 19.8. The summed E-state index contributed by atoms with van der Waals surface area (Å²) in [6.45, 7) is 1.95. The van der Waals surface area contributed by atoms with Crippen molar-refractivity contribution < 1.29 is 14.0 Å². The molecule has 8 heteroatoms. The van der Waals surface area contributed by atoms with Crippen molar-refractivity contribution in [3.8, 4) is 0 Å². The van der Waals surface area contributed by atoms with E-state index in [4.69, 9.17) is 5.73 Å². The van der Waals surface area contributed by atoms with Crippen molar-refractivity contribution >= 4 is 17.6 Å². The first-order chi connectivity index (χ1) is 12.9. The van der Waals surface area contributed by atoms with Crippen molar-refractivity contribution in [1.29, 1.82) is 0 Å². The predicted octanol–water partition coefficient (Wildman–Crippen LogP) is 0.755. The predicted molar refractivity (Wildman–Crippen MR) is 101 cm³/mol. The first-order valence-corrected chi connectivity index (χ1v) is 8.59. The zero-order valence-electron chi connectivity index (χ0n) is 15.3. The first kappa shape index (κ1) is 20.3. The number of carbonyl (C=O) groups excluding carboxylic acids is 2. The van der Waals surface area contributed by atoms with E-state index in [1.54, 1.807) is 44.4 Å². The molecule has 2 aromatic rings. The van der Waals surface area contributed by atoms with Crippen LogP contribution in [0.4, 0.5) is 10.2 Å². The van der Waals surface area contributed by atoms with Gasteiger partial charge in [-0.2, -0.15) is 0 Å². The Balaban J connectivity index is 2.06. The van der Waals surface area contributed by atoms with Gasteiger partial charge in [-0.3, -0.25) is 9.59 Å². The molecule has 1 aromatic heterocycles. The lowest BCUT2D eigenvalue weighted by atomic mass is 10.0. The number of carbonyl (C=O) groups is 2. The molecular formula is C19H24FN5O2. The largest absolute Gasteiger partial charge is 0.384 e. The molecule has 0 unspecified atom stereocenters. The Morgan fingerprint density at radius 3 is 2.37 bits per heavy atom.